The van der Waals surface area contributed by atoms with Crippen LogP contribution in [0.2, 0.25) is 0 Å². The van der Waals surface area contributed by atoms with E-state index in [0.29, 0.717) is 35.3 Å². The first-order valence-electron chi connectivity index (χ1n) is 9.93. The molecule has 0 unspecified atom stereocenters. The van der Waals surface area contributed by atoms with Crippen LogP contribution in [-0.2, 0) is 14.3 Å². The van der Waals surface area contributed by atoms with Crippen LogP contribution in [0, 0.1) is 11.8 Å². The lowest BCUT2D eigenvalue weighted by Gasteiger charge is -2.35. The van der Waals surface area contributed by atoms with Gasteiger partial charge in [-0.15, -0.1) is 11.8 Å². The molecule has 1 aromatic rings. The van der Waals surface area contributed by atoms with Gasteiger partial charge in [-0.3, -0.25) is 9.59 Å². The molecule has 4 atom stereocenters. The minimum absolute atomic E-state index is 0.0691. The van der Waals surface area contributed by atoms with Crippen LogP contribution in [0.5, 0.6) is 0 Å². The standard InChI is InChI=1S/C21H28N2O4S/c1-12-5-4-6-16(13(12)2)23-20(25)14(3)27-21(26)15-7-8-18-17(11-15)22-19(24)9-10-28-18/h7-8,11-14,16H,4-6,9-10H2,1-3H3,(H,22,24)(H,23,25)/t12-,13+,14+,16-/m0/s1. The van der Waals surface area contributed by atoms with Gasteiger partial charge in [0.15, 0.2) is 6.10 Å². The summed E-state index contributed by atoms with van der Waals surface area (Å²) in [4.78, 5) is 37.7. The van der Waals surface area contributed by atoms with Crippen molar-refractivity contribution in [3.05, 3.63) is 23.8 Å². The van der Waals surface area contributed by atoms with Gasteiger partial charge in [0.05, 0.1) is 11.3 Å². The Morgan fingerprint density at radius 1 is 1.29 bits per heavy atom. The van der Waals surface area contributed by atoms with Crippen molar-refractivity contribution in [3.63, 3.8) is 0 Å². The van der Waals surface area contributed by atoms with E-state index in [4.69, 9.17) is 4.74 Å². The summed E-state index contributed by atoms with van der Waals surface area (Å²) in [5, 5.41) is 5.85. The van der Waals surface area contributed by atoms with Crippen molar-refractivity contribution in [2.45, 2.75) is 63.5 Å². The summed E-state index contributed by atoms with van der Waals surface area (Å²) in [6, 6.07) is 5.21. The Labute approximate surface area is 170 Å². The van der Waals surface area contributed by atoms with Gasteiger partial charge in [0.2, 0.25) is 5.91 Å². The maximum atomic E-state index is 12.5. The van der Waals surface area contributed by atoms with Crippen LogP contribution in [0.1, 0.15) is 56.8 Å². The van der Waals surface area contributed by atoms with Gasteiger partial charge >= 0.3 is 5.97 Å². The van der Waals surface area contributed by atoms with Gasteiger partial charge in [-0.25, -0.2) is 4.79 Å². The molecule has 152 valence electrons. The third kappa shape index (κ3) is 4.87. The molecule has 2 amide bonds. The highest BCUT2D eigenvalue weighted by atomic mass is 32.2. The molecule has 2 aliphatic rings. The molecule has 7 heteroatoms. The summed E-state index contributed by atoms with van der Waals surface area (Å²) < 4.78 is 5.38. The largest absolute Gasteiger partial charge is 0.449 e. The minimum Gasteiger partial charge on any atom is -0.449 e. The van der Waals surface area contributed by atoms with Gasteiger partial charge in [0.1, 0.15) is 0 Å². The van der Waals surface area contributed by atoms with Crippen molar-refractivity contribution >= 4 is 35.2 Å². The summed E-state index contributed by atoms with van der Waals surface area (Å²) in [6.07, 6.45) is 2.81. The summed E-state index contributed by atoms with van der Waals surface area (Å²) >= 11 is 1.57. The topological polar surface area (TPSA) is 84.5 Å². The first-order valence-corrected chi connectivity index (χ1v) is 10.9. The van der Waals surface area contributed by atoms with Crippen molar-refractivity contribution in [1.29, 1.82) is 0 Å². The van der Waals surface area contributed by atoms with E-state index < -0.39 is 12.1 Å². The third-order valence-electron chi connectivity index (χ3n) is 5.76. The average molecular weight is 405 g/mol. The molecule has 1 fully saturated rings. The van der Waals surface area contributed by atoms with Gasteiger partial charge < -0.3 is 15.4 Å². The molecule has 0 spiro atoms. The number of rotatable bonds is 4. The molecule has 0 aromatic heterocycles. The molecule has 3 rings (SSSR count). The highest BCUT2D eigenvalue weighted by molar-refractivity contribution is 7.99. The minimum atomic E-state index is -0.875. The molecule has 1 heterocycles. The van der Waals surface area contributed by atoms with Crippen LogP contribution >= 0.6 is 11.8 Å². The van der Waals surface area contributed by atoms with E-state index in [0.717, 1.165) is 17.7 Å². The quantitative estimate of drug-likeness (QED) is 0.749. The number of ether oxygens (including phenoxy) is 1. The lowest BCUT2D eigenvalue weighted by atomic mass is 9.78. The zero-order valence-corrected chi connectivity index (χ0v) is 17.4. The second-order valence-corrected chi connectivity index (χ2v) is 8.92. The molecule has 0 saturated heterocycles. The predicted molar refractivity (Wildman–Crippen MR) is 109 cm³/mol. The molecule has 1 saturated carbocycles. The molecule has 2 N–H and O–H groups in total. The number of nitrogens with one attached hydrogen (secondary N) is 2. The zero-order chi connectivity index (χ0) is 20.3. The maximum absolute atomic E-state index is 12.5. The van der Waals surface area contributed by atoms with E-state index >= 15 is 0 Å². The highest BCUT2D eigenvalue weighted by Gasteiger charge is 2.30. The molecule has 28 heavy (non-hydrogen) atoms. The van der Waals surface area contributed by atoms with E-state index in [-0.39, 0.29) is 17.9 Å². The summed E-state index contributed by atoms with van der Waals surface area (Å²) in [5.74, 6) is 0.783. The van der Waals surface area contributed by atoms with Crippen molar-refractivity contribution in [1.82, 2.24) is 5.32 Å². The van der Waals surface area contributed by atoms with Crippen LogP contribution in [0.3, 0.4) is 0 Å². The smallest absolute Gasteiger partial charge is 0.338 e. The first-order chi connectivity index (χ1) is 13.3. The average Bonchev–Trinajstić information content (AvgIpc) is 2.85. The van der Waals surface area contributed by atoms with Gasteiger partial charge in [-0.2, -0.15) is 0 Å². The number of carbonyl (C=O) groups excluding carboxylic acids is 3. The number of benzene rings is 1. The van der Waals surface area contributed by atoms with Gasteiger partial charge in [0.25, 0.3) is 5.91 Å². The summed E-state index contributed by atoms with van der Waals surface area (Å²) in [7, 11) is 0. The predicted octanol–water partition coefficient (Wildman–Crippen LogP) is 3.61. The number of carbonyl (C=O) groups is 3. The van der Waals surface area contributed by atoms with E-state index in [1.54, 1.807) is 36.9 Å². The summed E-state index contributed by atoms with van der Waals surface area (Å²) in [6.45, 7) is 5.96. The first kappa shape index (κ1) is 20.7. The van der Waals surface area contributed by atoms with Crippen LogP contribution < -0.4 is 10.6 Å². The van der Waals surface area contributed by atoms with Crippen molar-refractivity contribution < 1.29 is 19.1 Å². The van der Waals surface area contributed by atoms with E-state index in [2.05, 4.69) is 24.5 Å². The monoisotopic (exact) mass is 404 g/mol. The molecular formula is C21H28N2O4S. The Bertz CT molecular complexity index is 767. The van der Waals surface area contributed by atoms with E-state index in [1.807, 2.05) is 0 Å². The van der Waals surface area contributed by atoms with Gasteiger partial charge in [-0.05, 0) is 43.4 Å². The fourth-order valence-electron chi connectivity index (χ4n) is 3.71. The molecule has 1 aliphatic heterocycles. The second-order valence-electron chi connectivity index (χ2n) is 7.79. The number of anilines is 1. The number of amides is 2. The number of hydrogen-bond donors (Lipinski definition) is 2. The van der Waals surface area contributed by atoms with Crippen molar-refractivity contribution in [3.8, 4) is 0 Å². The molecule has 1 aromatic carbocycles. The van der Waals surface area contributed by atoms with Crippen LogP contribution in [0.25, 0.3) is 0 Å². The molecular weight excluding hydrogens is 376 g/mol. The lowest BCUT2D eigenvalue weighted by molar-refractivity contribution is -0.130. The zero-order valence-electron chi connectivity index (χ0n) is 16.6. The number of esters is 1. The van der Waals surface area contributed by atoms with Gasteiger partial charge in [-0.1, -0.05) is 26.7 Å². The van der Waals surface area contributed by atoms with Gasteiger partial charge in [0, 0.05) is 23.1 Å². The number of hydrogen-bond acceptors (Lipinski definition) is 5. The van der Waals surface area contributed by atoms with Crippen LogP contribution in [0.4, 0.5) is 5.69 Å². The Kier molecular flexibility index (Phi) is 6.65. The van der Waals surface area contributed by atoms with E-state index in [1.165, 1.54) is 6.42 Å². The SMILES string of the molecule is C[C@H]1[C@@H](NC(=O)[C@@H](C)OC(=O)c2ccc3c(c2)NC(=O)CCS3)CCC[C@@H]1C. The van der Waals surface area contributed by atoms with E-state index in [9.17, 15) is 14.4 Å². The fraction of sp³-hybridized carbons (Fsp3) is 0.571. The Morgan fingerprint density at radius 2 is 2.07 bits per heavy atom. The number of thioether (sulfide) groups is 1. The number of fused-ring (bicyclic) bond motifs is 1. The molecule has 1 aliphatic carbocycles. The van der Waals surface area contributed by atoms with Crippen molar-refractivity contribution in [2.24, 2.45) is 11.8 Å². The maximum Gasteiger partial charge on any atom is 0.338 e. The van der Waals surface area contributed by atoms with Crippen molar-refractivity contribution in [2.75, 3.05) is 11.1 Å². The third-order valence-corrected chi connectivity index (χ3v) is 6.84. The molecule has 0 radical (unpaired) electrons. The highest BCUT2D eigenvalue weighted by Crippen LogP contribution is 2.32. The second kappa shape index (κ2) is 8.99. The normalized spacial score (nSPS) is 25.7. The molecule has 0 bridgehead atoms. The van der Waals surface area contributed by atoms with Crippen LogP contribution in [0.15, 0.2) is 23.1 Å². The Hall–Kier alpha value is -2.02. The molecule has 6 nitrogen and oxygen atoms in total. The lowest BCUT2D eigenvalue weighted by Crippen LogP contribution is -2.47. The van der Waals surface area contributed by atoms with Crippen LogP contribution in [-0.4, -0.2) is 35.7 Å². The summed E-state index contributed by atoms with van der Waals surface area (Å²) in [5.41, 5.74) is 0.935. The Balaban J connectivity index is 1.61. The fourth-order valence-corrected chi connectivity index (χ4v) is 4.65. The Morgan fingerprint density at radius 3 is 2.86 bits per heavy atom.